The number of benzene rings is 2. The normalized spacial score (nSPS) is 21.1. The first-order valence-corrected chi connectivity index (χ1v) is 24.6. The Labute approximate surface area is 411 Å². The van der Waals surface area contributed by atoms with Gasteiger partial charge in [-0.3, -0.25) is 24.2 Å². The largest absolute Gasteiger partial charge is 0.465 e. The molecule has 2 aromatic carbocycles. The fourth-order valence-electron chi connectivity index (χ4n) is 10.3. The standard InChI is InChI=1S/C56H73N7O6.H2/c1-13-48(64)62-28-25-56(33-57,34-62)54(67)60(11)50(36(4)5)52(65)59-46-30-40-20-16-21-41(29-40)42-23-24-47-44(31-42)45(51(63(47)15-3)43-22-17-26-58-49(43)39(8)68-12)32-55(9,10)35-69-53(66)37(6)19-18-27-61(14-2)38(46)7;/h13,16-17,20-24,26,29,31,36-37,39,46,50H,1,7,14-15,18-19,25,27-28,30,32,34-35H2,2-6,8-12H3,(H,59,65);1H/t37-,39-,46-,50-,56-;/m0./s1. The van der Waals surface area contributed by atoms with Crippen molar-refractivity contribution in [2.45, 2.75) is 112 Å². The van der Waals surface area contributed by atoms with Crippen LogP contribution in [-0.4, -0.2) is 107 Å². The molecule has 4 heterocycles. The molecule has 0 unspecified atom stereocenters. The summed E-state index contributed by atoms with van der Waals surface area (Å²) < 4.78 is 14.3. The molecule has 13 heteroatoms. The number of carbonyl (C=O) groups excluding carboxylic acids is 4. The lowest BCUT2D eigenvalue weighted by molar-refractivity contribution is -0.151. The van der Waals surface area contributed by atoms with E-state index >= 15 is 0 Å². The van der Waals surface area contributed by atoms with Crippen LogP contribution in [0.15, 0.2) is 85.7 Å². The van der Waals surface area contributed by atoms with E-state index in [1.165, 1.54) is 15.9 Å². The fourth-order valence-corrected chi connectivity index (χ4v) is 10.3. The molecule has 1 fully saturated rings. The molecule has 1 saturated heterocycles. The average molecular weight is 942 g/mol. The van der Waals surface area contributed by atoms with Gasteiger partial charge in [-0.2, -0.15) is 5.26 Å². The van der Waals surface area contributed by atoms with Crippen molar-refractivity contribution in [3.05, 3.63) is 103 Å². The minimum Gasteiger partial charge on any atom is -0.465 e. The number of esters is 1. The number of aromatic nitrogens is 2. The molecule has 2 aromatic heterocycles. The van der Waals surface area contributed by atoms with Crippen molar-refractivity contribution < 1.29 is 30.1 Å². The lowest BCUT2D eigenvalue weighted by atomic mass is 9.84. The summed E-state index contributed by atoms with van der Waals surface area (Å²) in [6, 6.07) is 19.8. The quantitative estimate of drug-likeness (QED) is 0.115. The zero-order valence-electron chi connectivity index (χ0n) is 42.6. The first-order valence-electron chi connectivity index (χ1n) is 24.6. The number of carbonyl (C=O) groups is 4. The third kappa shape index (κ3) is 11.1. The first-order chi connectivity index (χ1) is 32.8. The van der Waals surface area contributed by atoms with Gasteiger partial charge in [-0.15, -0.1) is 0 Å². The Kier molecular flexibility index (Phi) is 16.6. The third-order valence-corrected chi connectivity index (χ3v) is 14.3. The molecule has 0 saturated carbocycles. The van der Waals surface area contributed by atoms with Crippen LogP contribution in [-0.2, 0) is 48.0 Å². The summed E-state index contributed by atoms with van der Waals surface area (Å²) in [6.07, 6.45) is 5.21. The van der Waals surface area contributed by atoms with Gasteiger partial charge in [0.2, 0.25) is 17.7 Å². The number of pyridine rings is 1. The first kappa shape index (κ1) is 52.1. The van der Waals surface area contributed by atoms with Crippen LogP contribution in [0.3, 0.4) is 0 Å². The second-order valence-electron chi connectivity index (χ2n) is 20.2. The molecule has 4 bridgehead atoms. The highest BCUT2D eigenvalue weighted by Gasteiger charge is 2.50. The topological polar surface area (TPSA) is 150 Å². The van der Waals surface area contributed by atoms with Gasteiger partial charge >= 0.3 is 5.97 Å². The van der Waals surface area contributed by atoms with Crippen molar-refractivity contribution in [1.29, 1.82) is 5.26 Å². The molecular weight excluding hydrogens is 867 g/mol. The Balaban J connectivity index is 0.00000913. The highest BCUT2D eigenvalue weighted by Crippen LogP contribution is 2.42. The summed E-state index contributed by atoms with van der Waals surface area (Å²) in [7, 11) is 3.26. The molecule has 2 aliphatic rings. The number of fused-ring (bicyclic) bond motifs is 4. The number of amides is 3. The Morgan fingerprint density at radius 2 is 1.83 bits per heavy atom. The minimum atomic E-state index is -1.49. The lowest BCUT2D eigenvalue weighted by Crippen LogP contribution is -2.57. The van der Waals surface area contributed by atoms with Gasteiger partial charge in [-0.25, -0.2) is 0 Å². The van der Waals surface area contributed by atoms with Gasteiger partial charge in [-0.05, 0) is 111 Å². The molecule has 3 amide bonds. The number of rotatable bonds is 11. The van der Waals surface area contributed by atoms with Crippen LogP contribution < -0.4 is 5.32 Å². The second-order valence-corrected chi connectivity index (χ2v) is 20.2. The van der Waals surface area contributed by atoms with E-state index in [2.05, 4.69) is 97.2 Å². The van der Waals surface area contributed by atoms with Gasteiger partial charge in [-0.1, -0.05) is 78.1 Å². The maximum atomic E-state index is 14.8. The van der Waals surface area contributed by atoms with Gasteiger partial charge in [0.25, 0.3) is 0 Å². The number of aryl methyl sites for hydroxylation is 1. The van der Waals surface area contributed by atoms with E-state index in [1.54, 1.807) is 20.4 Å². The zero-order chi connectivity index (χ0) is 50.4. The van der Waals surface area contributed by atoms with E-state index in [9.17, 15) is 24.4 Å². The summed E-state index contributed by atoms with van der Waals surface area (Å²) in [5.41, 5.74) is 6.96. The van der Waals surface area contributed by atoms with Gasteiger partial charge < -0.3 is 34.1 Å². The Morgan fingerprint density at radius 3 is 2.49 bits per heavy atom. The minimum absolute atomic E-state index is 0. The van der Waals surface area contributed by atoms with Crippen molar-refractivity contribution >= 4 is 34.6 Å². The Morgan fingerprint density at radius 1 is 1.09 bits per heavy atom. The number of likely N-dealkylation sites (tertiary alicyclic amines) is 1. The predicted molar refractivity (Wildman–Crippen MR) is 274 cm³/mol. The molecule has 1 N–H and O–H groups in total. The van der Waals surface area contributed by atoms with Gasteiger partial charge in [0.15, 0.2) is 5.41 Å². The van der Waals surface area contributed by atoms with E-state index in [0.29, 0.717) is 51.0 Å². The van der Waals surface area contributed by atoms with E-state index in [4.69, 9.17) is 14.5 Å². The summed E-state index contributed by atoms with van der Waals surface area (Å²) in [5.74, 6) is -2.12. The van der Waals surface area contributed by atoms with E-state index < -0.39 is 28.8 Å². The summed E-state index contributed by atoms with van der Waals surface area (Å²) >= 11 is 0. The van der Waals surface area contributed by atoms with Crippen molar-refractivity contribution in [1.82, 2.24) is 29.6 Å². The molecule has 5 atom stereocenters. The van der Waals surface area contributed by atoms with Crippen LogP contribution in [0.5, 0.6) is 0 Å². The third-order valence-electron chi connectivity index (χ3n) is 14.3. The molecule has 13 nitrogen and oxygen atoms in total. The van der Waals surface area contributed by atoms with Crippen molar-refractivity contribution in [3.63, 3.8) is 0 Å². The summed E-state index contributed by atoms with van der Waals surface area (Å²) in [4.78, 5) is 65.1. The SMILES string of the molecule is C=CC(=O)N1CC[C@@](C#N)(C(=O)N(C)[C@H](C(=O)N[C@H]2Cc3cccc(c3)-c3ccc4c(c3)c(c(-c3cccnc3[C@H](C)OC)n4CC)CC(C)(C)COC(=O)[C@@H](C)CCCN(CC)C2=C)C(C)C)C1.[HH]. The monoisotopic (exact) mass is 942 g/mol. The Bertz CT molecular complexity index is 2620. The number of nitrogens with one attached hydrogen (secondary N) is 1. The van der Waals surface area contributed by atoms with Gasteiger partial charge in [0.1, 0.15) is 6.04 Å². The molecule has 0 radical (unpaired) electrons. The zero-order valence-corrected chi connectivity index (χ0v) is 42.6. The number of ether oxygens (including phenoxy) is 2. The molecule has 0 spiro atoms. The molecule has 4 aromatic rings. The maximum Gasteiger partial charge on any atom is 0.308 e. The summed E-state index contributed by atoms with van der Waals surface area (Å²) in [5, 5.41) is 14.8. The predicted octanol–water partition coefficient (Wildman–Crippen LogP) is 9.16. The summed E-state index contributed by atoms with van der Waals surface area (Å²) in [6.45, 7) is 26.7. The van der Waals surface area contributed by atoms with Crippen molar-refractivity contribution in [2.24, 2.45) is 22.7 Å². The second kappa shape index (κ2) is 22.0. The molecular formula is C56H75N7O6. The van der Waals surface area contributed by atoms with E-state index in [-0.39, 0.29) is 63.3 Å². The highest BCUT2D eigenvalue weighted by molar-refractivity contribution is 5.96. The van der Waals surface area contributed by atoms with Crippen LogP contribution >= 0.6 is 0 Å². The molecule has 370 valence electrons. The average Bonchev–Trinajstić information content (AvgIpc) is 3.92. The van der Waals surface area contributed by atoms with Crippen LogP contribution in [0.4, 0.5) is 0 Å². The number of nitrogens with zero attached hydrogens (tertiary/aromatic N) is 6. The highest BCUT2D eigenvalue weighted by atomic mass is 16.5. The Hall–Kier alpha value is -6.26. The lowest BCUT2D eigenvalue weighted by Gasteiger charge is -2.37. The van der Waals surface area contributed by atoms with E-state index in [1.807, 2.05) is 46.8 Å². The molecule has 6 rings (SSSR count). The van der Waals surface area contributed by atoms with Crippen LogP contribution in [0.2, 0.25) is 0 Å². The number of likely N-dealkylation sites (N-methyl/N-ethyl adjacent to an activating group) is 2. The van der Waals surface area contributed by atoms with Gasteiger partial charge in [0.05, 0.1) is 42.1 Å². The van der Waals surface area contributed by atoms with Crippen LogP contribution in [0, 0.1) is 34.0 Å². The number of cyclic esters (lactones) is 1. The number of methoxy groups -OCH3 is 1. The number of nitriles is 1. The maximum absolute atomic E-state index is 14.8. The van der Waals surface area contributed by atoms with E-state index in [0.717, 1.165) is 50.1 Å². The number of hydrogen-bond acceptors (Lipinski definition) is 9. The van der Waals surface area contributed by atoms with Crippen LogP contribution in [0.1, 0.15) is 99.0 Å². The van der Waals surface area contributed by atoms with Gasteiger partial charge in [0, 0.05) is 82.1 Å². The van der Waals surface area contributed by atoms with Crippen LogP contribution in [0.25, 0.3) is 33.3 Å². The molecule has 2 aliphatic heterocycles. The molecule has 0 aliphatic carbocycles. The number of hydrogen-bond donors (Lipinski definition) is 1. The van der Waals surface area contributed by atoms with Crippen molar-refractivity contribution in [2.75, 3.05) is 46.9 Å². The smallest absolute Gasteiger partial charge is 0.308 e. The van der Waals surface area contributed by atoms with Crippen molar-refractivity contribution in [3.8, 4) is 28.5 Å². The molecule has 69 heavy (non-hydrogen) atoms. The fraction of sp³-hybridized carbons (Fsp3) is 0.500.